The Morgan fingerprint density at radius 3 is 2.42 bits per heavy atom. The summed E-state index contributed by atoms with van der Waals surface area (Å²) in [6.45, 7) is 1.36. The summed E-state index contributed by atoms with van der Waals surface area (Å²) in [5, 5.41) is 0. The Morgan fingerprint density at radius 1 is 1.04 bits per heavy atom. The van der Waals surface area contributed by atoms with Gasteiger partial charge < -0.3 is 14.8 Å². The third-order valence-corrected chi connectivity index (χ3v) is 5.87. The molecule has 0 spiro atoms. The first-order chi connectivity index (χ1) is 12.7. The average Bonchev–Trinajstić information content (AvgIpc) is 3.31. The van der Waals surface area contributed by atoms with E-state index < -0.39 is 0 Å². The van der Waals surface area contributed by atoms with Gasteiger partial charge in [-0.15, -0.1) is 0 Å². The van der Waals surface area contributed by atoms with Gasteiger partial charge in [-0.1, -0.05) is 18.2 Å². The quantitative estimate of drug-likeness (QED) is 0.923. The maximum Gasteiger partial charge on any atom is 0.255 e. The first kappa shape index (κ1) is 15.6. The normalized spacial score (nSPS) is 24.8. The lowest BCUT2D eigenvalue weighted by Gasteiger charge is -2.41. The predicted molar refractivity (Wildman–Crippen MR) is 96.3 cm³/mol. The monoisotopic (exact) mass is 350 g/mol. The molecule has 2 unspecified atom stereocenters. The molecule has 2 amide bonds. The summed E-state index contributed by atoms with van der Waals surface area (Å²) >= 11 is 0. The third-order valence-electron chi connectivity index (χ3n) is 5.87. The number of fused-ring (bicyclic) bond motifs is 2. The summed E-state index contributed by atoms with van der Waals surface area (Å²) in [4.78, 5) is 37.3. The van der Waals surface area contributed by atoms with Crippen molar-refractivity contribution in [3.05, 3.63) is 42.2 Å². The molecule has 5 rings (SSSR count). The summed E-state index contributed by atoms with van der Waals surface area (Å²) in [6, 6.07) is 7.90. The highest BCUT2D eigenvalue weighted by atomic mass is 16.2. The van der Waals surface area contributed by atoms with Gasteiger partial charge in [0.15, 0.2) is 0 Å². The smallest absolute Gasteiger partial charge is 0.255 e. The van der Waals surface area contributed by atoms with E-state index in [-0.39, 0.29) is 23.9 Å². The van der Waals surface area contributed by atoms with Crippen LogP contribution < -0.4 is 0 Å². The number of imidazole rings is 1. The Bertz CT molecular complexity index is 829. The lowest BCUT2D eigenvalue weighted by atomic mass is 10.0. The van der Waals surface area contributed by atoms with Crippen molar-refractivity contribution in [2.24, 2.45) is 5.92 Å². The fourth-order valence-corrected chi connectivity index (χ4v) is 4.43. The molecule has 1 aromatic heterocycles. The fraction of sp³-hybridized carbons (Fsp3) is 0.450. The number of carbonyl (C=O) groups is 2. The first-order valence-electron chi connectivity index (χ1n) is 9.42. The minimum atomic E-state index is 0.0584. The zero-order valence-corrected chi connectivity index (χ0v) is 14.6. The van der Waals surface area contributed by atoms with Gasteiger partial charge in [-0.05, 0) is 31.7 Å². The Labute approximate surface area is 152 Å². The van der Waals surface area contributed by atoms with Crippen LogP contribution in [0.4, 0.5) is 0 Å². The highest BCUT2D eigenvalue weighted by Crippen LogP contribution is 2.37. The molecule has 1 aromatic carbocycles. The van der Waals surface area contributed by atoms with Crippen LogP contribution in [0.5, 0.6) is 0 Å². The number of carbonyl (C=O) groups excluding carboxylic acids is 2. The number of hydrogen-bond acceptors (Lipinski definition) is 3. The van der Waals surface area contributed by atoms with Crippen LogP contribution >= 0.6 is 0 Å². The van der Waals surface area contributed by atoms with E-state index in [9.17, 15) is 9.59 Å². The van der Waals surface area contributed by atoms with Gasteiger partial charge in [-0.3, -0.25) is 9.59 Å². The molecule has 2 atom stereocenters. The molecule has 3 aliphatic rings. The molecule has 134 valence electrons. The van der Waals surface area contributed by atoms with Crippen LogP contribution in [0.15, 0.2) is 36.7 Å². The van der Waals surface area contributed by atoms with E-state index in [2.05, 4.69) is 9.97 Å². The molecule has 3 fully saturated rings. The van der Waals surface area contributed by atoms with E-state index in [1.165, 1.54) is 0 Å². The largest absolute Gasteiger partial charge is 0.345 e. The van der Waals surface area contributed by atoms with Crippen molar-refractivity contribution < 1.29 is 9.59 Å². The van der Waals surface area contributed by atoms with Crippen molar-refractivity contribution in [3.63, 3.8) is 0 Å². The minimum absolute atomic E-state index is 0.0584. The highest BCUT2D eigenvalue weighted by molar-refractivity contribution is 6.00. The molecular weight excluding hydrogens is 328 g/mol. The molecule has 1 saturated carbocycles. The number of piperazine rings is 1. The molecule has 1 N–H and O–H groups in total. The van der Waals surface area contributed by atoms with E-state index in [0.29, 0.717) is 30.4 Å². The van der Waals surface area contributed by atoms with Crippen LogP contribution in [0.1, 0.15) is 36.0 Å². The van der Waals surface area contributed by atoms with Crippen molar-refractivity contribution in [3.8, 4) is 11.4 Å². The maximum atomic E-state index is 13.4. The van der Waals surface area contributed by atoms with Crippen LogP contribution in [-0.2, 0) is 4.79 Å². The van der Waals surface area contributed by atoms with Crippen LogP contribution in [0.25, 0.3) is 11.4 Å². The van der Waals surface area contributed by atoms with Crippen molar-refractivity contribution in [2.45, 2.75) is 37.8 Å². The van der Waals surface area contributed by atoms with Gasteiger partial charge >= 0.3 is 0 Å². The van der Waals surface area contributed by atoms with Crippen molar-refractivity contribution in [1.29, 1.82) is 0 Å². The van der Waals surface area contributed by atoms with Gasteiger partial charge in [0.2, 0.25) is 5.91 Å². The van der Waals surface area contributed by atoms with Crippen molar-refractivity contribution in [2.75, 3.05) is 13.1 Å². The standard InChI is InChI=1S/C20H22N4O2/c25-19(13-5-6-13)23-11-14-7-8-15(12-23)24(14)20(26)17-4-2-1-3-16(17)18-21-9-10-22-18/h1-4,9-10,13-15H,5-8,11-12H2,(H,21,22). The number of benzene rings is 1. The molecule has 2 aromatic rings. The highest BCUT2D eigenvalue weighted by Gasteiger charge is 2.46. The second kappa shape index (κ2) is 5.97. The lowest BCUT2D eigenvalue weighted by molar-refractivity contribution is -0.135. The third kappa shape index (κ3) is 2.52. The molecule has 6 heteroatoms. The molecule has 26 heavy (non-hydrogen) atoms. The van der Waals surface area contributed by atoms with Crippen molar-refractivity contribution in [1.82, 2.24) is 19.8 Å². The van der Waals surface area contributed by atoms with E-state index in [1.807, 2.05) is 34.1 Å². The predicted octanol–water partition coefficient (Wildman–Crippen LogP) is 2.30. The summed E-state index contributed by atoms with van der Waals surface area (Å²) in [6.07, 6.45) is 7.49. The number of aromatic amines is 1. The summed E-state index contributed by atoms with van der Waals surface area (Å²) in [7, 11) is 0. The van der Waals surface area contributed by atoms with Gasteiger partial charge in [0.1, 0.15) is 5.82 Å². The number of hydrogen-bond donors (Lipinski definition) is 1. The second-order valence-corrected chi connectivity index (χ2v) is 7.60. The Balaban J connectivity index is 1.41. The SMILES string of the molecule is O=C(C1CC1)N1CC2CCC(C1)N2C(=O)c1ccccc1-c1ncc[nH]1. The van der Waals surface area contributed by atoms with Gasteiger partial charge in [-0.25, -0.2) is 4.98 Å². The van der Waals surface area contributed by atoms with E-state index in [0.717, 1.165) is 31.2 Å². The van der Waals surface area contributed by atoms with Crippen LogP contribution in [0, 0.1) is 5.92 Å². The first-order valence-corrected chi connectivity index (χ1v) is 9.42. The number of nitrogens with zero attached hydrogens (tertiary/aromatic N) is 3. The average molecular weight is 350 g/mol. The van der Waals surface area contributed by atoms with Gasteiger partial charge in [-0.2, -0.15) is 0 Å². The number of aromatic nitrogens is 2. The number of H-pyrrole nitrogens is 1. The minimum Gasteiger partial charge on any atom is -0.345 e. The second-order valence-electron chi connectivity index (χ2n) is 7.60. The van der Waals surface area contributed by atoms with Crippen molar-refractivity contribution >= 4 is 11.8 Å². The maximum absolute atomic E-state index is 13.4. The number of rotatable bonds is 3. The van der Waals surface area contributed by atoms with E-state index in [4.69, 9.17) is 0 Å². The van der Waals surface area contributed by atoms with E-state index in [1.54, 1.807) is 12.4 Å². The molecule has 2 saturated heterocycles. The number of nitrogens with one attached hydrogen (secondary N) is 1. The Kier molecular flexibility index (Phi) is 3.58. The molecule has 2 bridgehead atoms. The fourth-order valence-electron chi connectivity index (χ4n) is 4.43. The lowest BCUT2D eigenvalue weighted by Crippen LogP contribution is -2.57. The van der Waals surface area contributed by atoms with Gasteiger partial charge in [0.25, 0.3) is 5.91 Å². The topological polar surface area (TPSA) is 69.3 Å². The zero-order valence-electron chi connectivity index (χ0n) is 14.6. The Morgan fingerprint density at radius 2 is 1.77 bits per heavy atom. The van der Waals surface area contributed by atoms with E-state index >= 15 is 0 Å². The number of likely N-dealkylation sites (tertiary alicyclic amines) is 1. The zero-order chi connectivity index (χ0) is 17.7. The number of amides is 2. The summed E-state index contributed by atoms with van der Waals surface area (Å²) in [5.41, 5.74) is 1.51. The van der Waals surface area contributed by atoms with Gasteiger partial charge in [0, 0.05) is 37.0 Å². The summed E-state index contributed by atoms with van der Waals surface area (Å²) in [5.74, 6) is 1.31. The molecule has 0 radical (unpaired) electrons. The van der Waals surface area contributed by atoms with Crippen LogP contribution in [0.3, 0.4) is 0 Å². The van der Waals surface area contributed by atoms with Crippen LogP contribution in [0.2, 0.25) is 0 Å². The molecule has 6 nitrogen and oxygen atoms in total. The van der Waals surface area contributed by atoms with Gasteiger partial charge in [0.05, 0.1) is 17.6 Å². The van der Waals surface area contributed by atoms with Crippen LogP contribution in [-0.4, -0.2) is 56.8 Å². The molecule has 3 heterocycles. The molecular formula is C20H22N4O2. The summed E-state index contributed by atoms with van der Waals surface area (Å²) < 4.78 is 0. The Hall–Kier alpha value is -2.63. The molecule has 2 aliphatic heterocycles. The molecule has 1 aliphatic carbocycles.